The van der Waals surface area contributed by atoms with Crippen molar-refractivity contribution in [2.24, 2.45) is 10.1 Å². The summed E-state index contributed by atoms with van der Waals surface area (Å²) < 4.78 is 0. The molecular formula is C9H9N3S. The van der Waals surface area contributed by atoms with Gasteiger partial charge in [-0.25, -0.2) is 4.99 Å². The van der Waals surface area contributed by atoms with Gasteiger partial charge in [-0.2, -0.15) is 5.10 Å². The van der Waals surface area contributed by atoms with Crippen LogP contribution in [0.15, 0.2) is 34.4 Å². The fourth-order valence-electron chi connectivity index (χ4n) is 1.08. The molecule has 1 aliphatic heterocycles. The Hall–Kier alpha value is -1.29. The third kappa shape index (κ3) is 1.72. The molecule has 1 aromatic carbocycles. The predicted molar refractivity (Wildman–Crippen MR) is 57.8 cm³/mol. The van der Waals surface area contributed by atoms with Crippen molar-refractivity contribution in [2.45, 2.75) is 0 Å². The second-order valence-corrected chi connectivity index (χ2v) is 3.34. The van der Waals surface area contributed by atoms with Gasteiger partial charge in [0.25, 0.3) is 0 Å². The number of fused-ring (bicyclic) bond motifs is 1. The number of hydrogen-bond acceptors (Lipinski definition) is 4. The molecule has 0 unspecified atom stereocenters. The maximum absolute atomic E-state index is 4.40. The van der Waals surface area contributed by atoms with Gasteiger partial charge in [-0.05, 0) is 12.3 Å². The van der Waals surface area contributed by atoms with Crippen LogP contribution in [0.25, 0.3) is 0 Å². The highest BCUT2D eigenvalue weighted by Crippen LogP contribution is 2.19. The van der Waals surface area contributed by atoms with Gasteiger partial charge in [-0.15, -0.1) is 0 Å². The number of nitrogens with one attached hydrogen (secondary N) is 1. The van der Waals surface area contributed by atoms with Crippen molar-refractivity contribution in [3.8, 4) is 0 Å². The molecule has 0 aromatic heterocycles. The number of amidine groups is 1. The topological polar surface area (TPSA) is 36.8 Å². The molecule has 0 bridgehead atoms. The first-order chi connectivity index (χ1) is 6.40. The first-order valence-corrected chi connectivity index (χ1v) is 5.13. The van der Waals surface area contributed by atoms with E-state index in [1.165, 1.54) is 0 Å². The number of thioether (sulfide) groups is 1. The minimum atomic E-state index is 0.821. The Morgan fingerprint density at radius 2 is 2.15 bits per heavy atom. The molecule has 0 amide bonds. The van der Waals surface area contributed by atoms with Gasteiger partial charge in [0.05, 0.1) is 11.9 Å². The van der Waals surface area contributed by atoms with Gasteiger partial charge in [0.15, 0.2) is 5.17 Å². The summed E-state index contributed by atoms with van der Waals surface area (Å²) in [6.45, 7) is 0. The molecule has 3 nitrogen and oxygen atoms in total. The molecule has 13 heavy (non-hydrogen) atoms. The fourth-order valence-corrected chi connectivity index (χ4v) is 1.41. The summed E-state index contributed by atoms with van der Waals surface area (Å²) >= 11 is 1.55. The average Bonchev–Trinajstić information content (AvgIpc) is 2.38. The summed E-state index contributed by atoms with van der Waals surface area (Å²) in [4.78, 5) is 4.40. The first kappa shape index (κ1) is 8.31. The van der Waals surface area contributed by atoms with Crippen LogP contribution in [0.5, 0.6) is 0 Å². The number of aliphatic imine (C=N–C) groups is 1. The van der Waals surface area contributed by atoms with Crippen LogP contribution in [-0.2, 0) is 0 Å². The summed E-state index contributed by atoms with van der Waals surface area (Å²) in [7, 11) is 0. The van der Waals surface area contributed by atoms with Gasteiger partial charge in [0.2, 0.25) is 0 Å². The molecule has 1 heterocycles. The molecule has 2 rings (SSSR count). The Kier molecular flexibility index (Phi) is 2.31. The molecule has 1 aromatic rings. The Morgan fingerprint density at radius 3 is 3.00 bits per heavy atom. The van der Waals surface area contributed by atoms with Gasteiger partial charge < -0.3 is 0 Å². The Labute approximate surface area is 81.0 Å². The zero-order valence-corrected chi connectivity index (χ0v) is 8.01. The van der Waals surface area contributed by atoms with Crippen LogP contribution in [-0.4, -0.2) is 17.6 Å². The molecular weight excluding hydrogens is 182 g/mol. The predicted octanol–water partition coefficient (Wildman–Crippen LogP) is 1.97. The van der Waals surface area contributed by atoms with E-state index in [1.54, 1.807) is 18.0 Å². The van der Waals surface area contributed by atoms with E-state index in [4.69, 9.17) is 0 Å². The van der Waals surface area contributed by atoms with Crippen molar-refractivity contribution in [1.82, 2.24) is 5.43 Å². The number of hydrogen-bond donors (Lipinski definition) is 1. The van der Waals surface area contributed by atoms with Crippen molar-refractivity contribution in [3.05, 3.63) is 29.8 Å². The number of nitrogens with zero attached hydrogens (tertiary/aromatic N) is 2. The van der Waals surface area contributed by atoms with Gasteiger partial charge in [-0.1, -0.05) is 30.0 Å². The van der Waals surface area contributed by atoms with Gasteiger partial charge >= 0.3 is 0 Å². The summed E-state index contributed by atoms with van der Waals surface area (Å²) in [6, 6.07) is 7.92. The Morgan fingerprint density at radius 1 is 1.31 bits per heavy atom. The van der Waals surface area contributed by atoms with E-state index in [1.807, 2.05) is 30.5 Å². The van der Waals surface area contributed by atoms with Crippen molar-refractivity contribution < 1.29 is 0 Å². The summed E-state index contributed by atoms with van der Waals surface area (Å²) in [5.41, 5.74) is 4.86. The van der Waals surface area contributed by atoms with Crippen molar-refractivity contribution in [2.75, 3.05) is 6.26 Å². The van der Waals surface area contributed by atoms with E-state index in [0.29, 0.717) is 0 Å². The highest BCUT2D eigenvalue weighted by Gasteiger charge is 2.03. The molecule has 0 fully saturated rings. The third-order valence-electron chi connectivity index (χ3n) is 1.72. The van der Waals surface area contributed by atoms with Crippen LogP contribution >= 0.6 is 11.8 Å². The van der Waals surface area contributed by atoms with Crippen LogP contribution in [0.1, 0.15) is 5.56 Å². The fraction of sp³-hybridized carbons (Fsp3) is 0.111. The van der Waals surface area contributed by atoms with Crippen molar-refractivity contribution in [3.63, 3.8) is 0 Å². The highest BCUT2D eigenvalue weighted by atomic mass is 32.2. The molecule has 0 spiro atoms. The first-order valence-electron chi connectivity index (χ1n) is 3.91. The normalized spacial score (nSPS) is 14.1. The third-order valence-corrected chi connectivity index (χ3v) is 2.29. The van der Waals surface area contributed by atoms with Crippen LogP contribution in [0.4, 0.5) is 5.69 Å². The van der Waals surface area contributed by atoms with Gasteiger partial charge in [0.1, 0.15) is 0 Å². The molecule has 0 saturated heterocycles. The average molecular weight is 191 g/mol. The van der Waals surface area contributed by atoms with Gasteiger partial charge in [-0.3, -0.25) is 5.43 Å². The lowest BCUT2D eigenvalue weighted by molar-refractivity contribution is 1.06. The minimum absolute atomic E-state index is 0.821. The quantitative estimate of drug-likeness (QED) is 0.680. The monoisotopic (exact) mass is 191 g/mol. The summed E-state index contributed by atoms with van der Waals surface area (Å²) in [5.74, 6) is 0. The maximum Gasteiger partial charge on any atom is 0.182 e. The molecule has 1 aliphatic rings. The molecule has 0 radical (unpaired) electrons. The van der Waals surface area contributed by atoms with E-state index >= 15 is 0 Å². The van der Waals surface area contributed by atoms with Crippen LogP contribution < -0.4 is 5.43 Å². The Bertz CT molecular complexity index is 371. The molecule has 0 atom stereocenters. The van der Waals surface area contributed by atoms with E-state index in [0.717, 1.165) is 16.4 Å². The number of hydrazone groups is 1. The summed E-state index contributed by atoms with van der Waals surface area (Å²) in [6.07, 6.45) is 3.75. The Balaban J connectivity index is 2.49. The second-order valence-electron chi connectivity index (χ2n) is 2.55. The zero-order valence-electron chi connectivity index (χ0n) is 7.19. The largest absolute Gasteiger partial charge is 0.256 e. The molecule has 1 N–H and O–H groups in total. The summed E-state index contributed by atoms with van der Waals surface area (Å²) in [5, 5.41) is 4.86. The van der Waals surface area contributed by atoms with Crippen LogP contribution in [0, 0.1) is 0 Å². The maximum atomic E-state index is 4.40. The van der Waals surface area contributed by atoms with Crippen molar-refractivity contribution >= 4 is 28.8 Å². The number of rotatable bonds is 0. The SMILES string of the molecule is CSC1=Nc2ccccc2C=NN1. The lowest BCUT2D eigenvalue weighted by Crippen LogP contribution is -2.11. The van der Waals surface area contributed by atoms with E-state index in [9.17, 15) is 0 Å². The van der Waals surface area contributed by atoms with E-state index in [2.05, 4.69) is 15.5 Å². The van der Waals surface area contributed by atoms with E-state index in [-0.39, 0.29) is 0 Å². The smallest absolute Gasteiger partial charge is 0.182 e. The molecule has 0 saturated carbocycles. The van der Waals surface area contributed by atoms with Crippen LogP contribution in [0.2, 0.25) is 0 Å². The standard InChI is InChI=1S/C9H9N3S/c1-13-9-11-8-5-3-2-4-7(8)6-10-12-9/h2-6H,1H3,(H,11,12). The minimum Gasteiger partial charge on any atom is -0.256 e. The lowest BCUT2D eigenvalue weighted by atomic mass is 10.2. The molecule has 66 valence electrons. The highest BCUT2D eigenvalue weighted by molar-refractivity contribution is 8.13. The number of para-hydroxylation sites is 1. The zero-order chi connectivity index (χ0) is 9.10. The second kappa shape index (κ2) is 3.62. The van der Waals surface area contributed by atoms with Crippen LogP contribution in [0.3, 0.4) is 0 Å². The molecule has 4 heteroatoms. The van der Waals surface area contributed by atoms with E-state index < -0.39 is 0 Å². The van der Waals surface area contributed by atoms with Crippen molar-refractivity contribution in [1.29, 1.82) is 0 Å². The number of benzene rings is 1. The lowest BCUT2D eigenvalue weighted by Gasteiger charge is -1.98. The van der Waals surface area contributed by atoms with Gasteiger partial charge in [0, 0.05) is 5.56 Å². The molecule has 0 aliphatic carbocycles.